The first kappa shape index (κ1) is 15.0. The quantitative estimate of drug-likeness (QED) is 0.699. The summed E-state index contributed by atoms with van der Waals surface area (Å²) in [7, 11) is 0. The Hall–Kier alpha value is -1.39. The van der Waals surface area contributed by atoms with Gasteiger partial charge in [0.25, 0.3) is 5.91 Å². The predicted octanol–water partition coefficient (Wildman–Crippen LogP) is 4.49. The van der Waals surface area contributed by atoms with Crippen LogP contribution in [0.15, 0.2) is 40.9 Å². The van der Waals surface area contributed by atoms with Gasteiger partial charge in [0.1, 0.15) is 6.07 Å². The number of amides is 1. The lowest BCUT2D eigenvalue weighted by Crippen LogP contribution is -2.14. The van der Waals surface area contributed by atoms with Crippen LogP contribution in [-0.2, 0) is 0 Å². The fourth-order valence-corrected chi connectivity index (χ4v) is 2.70. The van der Waals surface area contributed by atoms with Crippen molar-refractivity contribution in [3.05, 3.63) is 61.1 Å². The van der Waals surface area contributed by atoms with Gasteiger partial charge in [-0.05, 0) is 59.3 Å². The van der Waals surface area contributed by atoms with Gasteiger partial charge in [0.05, 0.1) is 16.8 Å². The molecule has 0 aromatic heterocycles. The molecule has 2 aromatic rings. The lowest BCUT2D eigenvalue weighted by atomic mass is 10.1. The Bertz CT molecular complexity index is 722. The standard InChI is InChI=1S/C15H10BrIN2O/c1-9-3-2-4-12(14(9)17)15(20)19-13-7-11(16)6-5-10(13)8-18/h2-7H,1H3,(H,19,20). The van der Waals surface area contributed by atoms with Crippen LogP contribution in [0.25, 0.3) is 0 Å². The molecule has 20 heavy (non-hydrogen) atoms. The van der Waals surface area contributed by atoms with E-state index < -0.39 is 0 Å². The van der Waals surface area contributed by atoms with E-state index in [1.165, 1.54) is 0 Å². The van der Waals surface area contributed by atoms with Crippen LogP contribution in [0, 0.1) is 21.8 Å². The summed E-state index contributed by atoms with van der Waals surface area (Å²) in [6.45, 7) is 1.96. The average molecular weight is 441 g/mol. The van der Waals surface area contributed by atoms with E-state index >= 15 is 0 Å². The highest BCUT2D eigenvalue weighted by molar-refractivity contribution is 14.1. The van der Waals surface area contributed by atoms with Crippen molar-refractivity contribution in [1.29, 1.82) is 5.26 Å². The first-order valence-electron chi connectivity index (χ1n) is 5.79. The van der Waals surface area contributed by atoms with Gasteiger partial charge in [-0.2, -0.15) is 5.26 Å². The molecule has 0 bridgehead atoms. The number of benzene rings is 2. The minimum atomic E-state index is -0.215. The molecule has 0 heterocycles. The molecule has 0 aliphatic rings. The van der Waals surface area contributed by atoms with E-state index in [1.54, 1.807) is 24.3 Å². The minimum Gasteiger partial charge on any atom is -0.321 e. The number of nitriles is 1. The number of rotatable bonds is 2. The number of aryl methyl sites for hydroxylation is 1. The number of nitrogens with one attached hydrogen (secondary N) is 1. The zero-order valence-corrected chi connectivity index (χ0v) is 14.3. The first-order chi connectivity index (χ1) is 9.52. The van der Waals surface area contributed by atoms with Crippen molar-refractivity contribution < 1.29 is 4.79 Å². The van der Waals surface area contributed by atoms with Crippen LogP contribution in [0.1, 0.15) is 21.5 Å². The summed E-state index contributed by atoms with van der Waals surface area (Å²) in [5.41, 5.74) is 2.59. The molecule has 2 rings (SSSR count). The van der Waals surface area contributed by atoms with Gasteiger partial charge in [-0.25, -0.2) is 0 Å². The van der Waals surface area contributed by atoms with Gasteiger partial charge in [-0.1, -0.05) is 28.1 Å². The molecule has 0 aliphatic heterocycles. The molecule has 1 N–H and O–H groups in total. The Kier molecular flexibility index (Phi) is 4.78. The van der Waals surface area contributed by atoms with Gasteiger partial charge in [-0.15, -0.1) is 0 Å². The summed E-state index contributed by atoms with van der Waals surface area (Å²) in [4.78, 5) is 12.3. The van der Waals surface area contributed by atoms with Crippen molar-refractivity contribution in [1.82, 2.24) is 0 Å². The topological polar surface area (TPSA) is 52.9 Å². The van der Waals surface area contributed by atoms with Crippen molar-refractivity contribution in [2.75, 3.05) is 5.32 Å². The van der Waals surface area contributed by atoms with Crippen molar-refractivity contribution in [3.8, 4) is 6.07 Å². The number of nitrogens with zero attached hydrogens (tertiary/aromatic N) is 1. The molecule has 0 radical (unpaired) electrons. The fraction of sp³-hybridized carbons (Fsp3) is 0.0667. The van der Waals surface area contributed by atoms with Crippen molar-refractivity contribution >= 4 is 50.1 Å². The molecule has 0 saturated heterocycles. The monoisotopic (exact) mass is 440 g/mol. The van der Waals surface area contributed by atoms with Crippen molar-refractivity contribution in [2.45, 2.75) is 6.92 Å². The van der Waals surface area contributed by atoms with E-state index in [2.05, 4.69) is 49.9 Å². The number of halogens is 2. The van der Waals surface area contributed by atoms with Crippen LogP contribution in [0.2, 0.25) is 0 Å². The Morgan fingerprint density at radius 3 is 2.80 bits per heavy atom. The van der Waals surface area contributed by atoms with Gasteiger partial charge in [0.2, 0.25) is 0 Å². The van der Waals surface area contributed by atoms with Gasteiger partial charge in [0, 0.05) is 8.04 Å². The number of hydrogen-bond acceptors (Lipinski definition) is 2. The second-order valence-corrected chi connectivity index (χ2v) is 6.19. The van der Waals surface area contributed by atoms with Crippen LogP contribution in [0.4, 0.5) is 5.69 Å². The lowest BCUT2D eigenvalue weighted by molar-refractivity contribution is 0.102. The van der Waals surface area contributed by atoms with Crippen LogP contribution in [0.5, 0.6) is 0 Å². The molecular formula is C15H10BrIN2O. The summed E-state index contributed by atoms with van der Waals surface area (Å²) in [6.07, 6.45) is 0. The molecule has 1 amide bonds. The summed E-state index contributed by atoms with van der Waals surface area (Å²) >= 11 is 5.49. The molecule has 100 valence electrons. The van der Waals surface area contributed by atoms with Crippen LogP contribution < -0.4 is 5.32 Å². The van der Waals surface area contributed by atoms with Crippen molar-refractivity contribution in [3.63, 3.8) is 0 Å². The Labute approximate surface area is 139 Å². The zero-order chi connectivity index (χ0) is 14.7. The molecule has 0 aliphatic carbocycles. The van der Waals surface area contributed by atoms with E-state index in [9.17, 15) is 4.79 Å². The van der Waals surface area contributed by atoms with Gasteiger partial charge in [-0.3, -0.25) is 4.79 Å². The lowest BCUT2D eigenvalue weighted by Gasteiger charge is -2.10. The number of hydrogen-bond donors (Lipinski definition) is 1. The highest BCUT2D eigenvalue weighted by atomic mass is 127. The second-order valence-electron chi connectivity index (χ2n) is 4.19. The maximum atomic E-state index is 12.3. The molecule has 2 aromatic carbocycles. The summed E-state index contributed by atoms with van der Waals surface area (Å²) < 4.78 is 1.72. The Morgan fingerprint density at radius 1 is 1.35 bits per heavy atom. The molecule has 0 fully saturated rings. The maximum absolute atomic E-state index is 12.3. The third kappa shape index (κ3) is 3.19. The van der Waals surface area contributed by atoms with E-state index in [4.69, 9.17) is 5.26 Å². The predicted molar refractivity (Wildman–Crippen MR) is 90.7 cm³/mol. The van der Waals surface area contributed by atoms with Crippen LogP contribution >= 0.6 is 38.5 Å². The normalized spacial score (nSPS) is 9.90. The van der Waals surface area contributed by atoms with Crippen LogP contribution in [0.3, 0.4) is 0 Å². The molecule has 3 nitrogen and oxygen atoms in total. The molecule has 5 heteroatoms. The molecule has 0 saturated carbocycles. The van der Waals surface area contributed by atoms with E-state index in [0.29, 0.717) is 16.8 Å². The Balaban J connectivity index is 2.35. The summed E-state index contributed by atoms with van der Waals surface area (Å²) in [6, 6.07) is 12.8. The highest BCUT2D eigenvalue weighted by Crippen LogP contribution is 2.23. The van der Waals surface area contributed by atoms with E-state index in [-0.39, 0.29) is 5.91 Å². The minimum absolute atomic E-state index is 0.215. The molecular weight excluding hydrogens is 431 g/mol. The zero-order valence-electron chi connectivity index (χ0n) is 10.6. The highest BCUT2D eigenvalue weighted by Gasteiger charge is 2.13. The fourth-order valence-electron chi connectivity index (χ4n) is 1.73. The van der Waals surface area contributed by atoms with Gasteiger partial charge < -0.3 is 5.32 Å². The van der Waals surface area contributed by atoms with Crippen LogP contribution in [-0.4, -0.2) is 5.91 Å². The smallest absolute Gasteiger partial charge is 0.256 e. The number of anilines is 1. The number of carbonyl (C=O) groups is 1. The second kappa shape index (κ2) is 6.37. The number of carbonyl (C=O) groups excluding carboxylic acids is 1. The molecule has 0 unspecified atom stereocenters. The molecule has 0 spiro atoms. The summed E-state index contributed by atoms with van der Waals surface area (Å²) in [5.74, 6) is -0.215. The summed E-state index contributed by atoms with van der Waals surface area (Å²) in [5, 5.41) is 11.9. The van der Waals surface area contributed by atoms with E-state index in [0.717, 1.165) is 13.6 Å². The average Bonchev–Trinajstić information content (AvgIpc) is 2.42. The maximum Gasteiger partial charge on any atom is 0.256 e. The van der Waals surface area contributed by atoms with Crippen molar-refractivity contribution in [2.24, 2.45) is 0 Å². The largest absolute Gasteiger partial charge is 0.321 e. The molecule has 0 atom stereocenters. The third-order valence-electron chi connectivity index (χ3n) is 2.79. The van der Waals surface area contributed by atoms with Gasteiger partial charge >= 0.3 is 0 Å². The third-order valence-corrected chi connectivity index (χ3v) is 4.71. The SMILES string of the molecule is Cc1cccc(C(=O)Nc2cc(Br)ccc2C#N)c1I. The van der Waals surface area contributed by atoms with E-state index in [1.807, 2.05) is 19.1 Å². The first-order valence-corrected chi connectivity index (χ1v) is 7.66. The van der Waals surface area contributed by atoms with Gasteiger partial charge in [0.15, 0.2) is 0 Å². The Morgan fingerprint density at radius 2 is 2.10 bits per heavy atom.